The molecule has 0 spiro atoms. The molecular formula is C15H20ClN3. The van der Waals surface area contributed by atoms with Crippen LogP contribution in [0.4, 0.5) is 0 Å². The van der Waals surface area contributed by atoms with Crippen molar-refractivity contribution in [3.8, 4) is 0 Å². The fourth-order valence-corrected chi connectivity index (χ4v) is 2.71. The molecule has 1 unspecified atom stereocenters. The number of nitrogens with two attached hydrogens (primary N) is 1. The Morgan fingerprint density at radius 3 is 2.74 bits per heavy atom. The molecule has 0 saturated heterocycles. The van der Waals surface area contributed by atoms with E-state index in [1.807, 2.05) is 29.8 Å². The molecule has 2 N–H and O–H groups in total. The maximum atomic E-state index is 6.26. The van der Waals surface area contributed by atoms with Crippen LogP contribution in [-0.2, 0) is 13.0 Å². The quantitative estimate of drug-likeness (QED) is 0.912. The Bertz CT molecular complexity index is 548. The molecule has 0 radical (unpaired) electrons. The predicted molar refractivity (Wildman–Crippen MR) is 79.6 cm³/mol. The normalized spacial score (nSPS) is 12.6. The standard InChI is InChI=1S/C15H20ClN3/c1-3-19-13(8-11(2)18-19)9-12(10-17)14-6-4-5-7-15(14)16/h4-8,12H,3,9-10,17H2,1-2H3. The highest BCUT2D eigenvalue weighted by Crippen LogP contribution is 2.27. The lowest BCUT2D eigenvalue weighted by atomic mass is 9.94. The number of aryl methyl sites for hydroxylation is 2. The third kappa shape index (κ3) is 3.17. The molecule has 19 heavy (non-hydrogen) atoms. The summed E-state index contributed by atoms with van der Waals surface area (Å²) >= 11 is 6.26. The second-order valence-corrected chi connectivity index (χ2v) is 5.16. The lowest BCUT2D eigenvalue weighted by Crippen LogP contribution is -2.17. The molecule has 4 heteroatoms. The van der Waals surface area contributed by atoms with Gasteiger partial charge in [-0.25, -0.2) is 0 Å². The first-order valence-electron chi connectivity index (χ1n) is 6.63. The van der Waals surface area contributed by atoms with Crippen LogP contribution in [0.25, 0.3) is 0 Å². The van der Waals surface area contributed by atoms with Gasteiger partial charge in [0.2, 0.25) is 0 Å². The van der Waals surface area contributed by atoms with Crippen LogP contribution in [0.2, 0.25) is 5.02 Å². The summed E-state index contributed by atoms with van der Waals surface area (Å²) < 4.78 is 2.04. The van der Waals surface area contributed by atoms with Gasteiger partial charge in [-0.2, -0.15) is 5.10 Å². The smallest absolute Gasteiger partial charge is 0.0596 e. The molecule has 1 aromatic heterocycles. The Balaban J connectivity index is 2.26. The summed E-state index contributed by atoms with van der Waals surface area (Å²) in [6.07, 6.45) is 0.870. The van der Waals surface area contributed by atoms with E-state index >= 15 is 0 Å². The Kier molecular flexibility index (Phi) is 4.61. The van der Waals surface area contributed by atoms with E-state index in [4.69, 9.17) is 17.3 Å². The second kappa shape index (κ2) is 6.22. The summed E-state index contributed by atoms with van der Waals surface area (Å²) in [5.41, 5.74) is 9.32. The molecule has 3 nitrogen and oxygen atoms in total. The molecule has 0 aliphatic heterocycles. The minimum absolute atomic E-state index is 0.232. The van der Waals surface area contributed by atoms with Gasteiger partial charge in [-0.15, -0.1) is 0 Å². The first-order valence-corrected chi connectivity index (χ1v) is 7.01. The van der Waals surface area contributed by atoms with Crippen LogP contribution >= 0.6 is 11.6 Å². The molecule has 2 rings (SSSR count). The van der Waals surface area contributed by atoms with Crippen LogP contribution in [0.1, 0.15) is 29.8 Å². The summed E-state index contributed by atoms with van der Waals surface area (Å²) in [5, 5.41) is 5.26. The van der Waals surface area contributed by atoms with Gasteiger partial charge in [-0.3, -0.25) is 4.68 Å². The lowest BCUT2D eigenvalue weighted by molar-refractivity contribution is 0.583. The highest BCUT2D eigenvalue weighted by molar-refractivity contribution is 6.31. The van der Waals surface area contributed by atoms with Crippen molar-refractivity contribution in [2.75, 3.05) is 6.54 Å². The fraction of sp³-hybridized carbons (Fsp3) is 0.400. The summed E-state index contributed by atoms with van der Waals surface area (Å²) in [5.74, 6) is 0.232. The van der Waals surface area contributed by atoms with Crippen molar-refractivity contribution in [1.29, 1.82) is 0 Å². The minimum atomic E-state index is 0.232. The number of nitrogens with zero attached hydrogens (tertiary/aromatic N) is 2. The van der Waals surface area contributed by atoms with Crippen LogP contribution < -0.4 is 5.73 Å². The first-order chi connectivity index (χ1) is 9.15. The Labute approximate surface area is 119 Å². The summed E-state index contributed by atoms with van der Waals surface area (Å²) in [7, 11) is 0. The zero-order valence-electron chi connectivity index (χ0n) is 11.4. The van der Waals surface area contributed by atoms with Gasteiger partial charge < -0.3 is 5.73 Å². The van der Waals surface area contributed by atoms with E-state index in [1.54, 1.807) is 0 Å². The molecule has 0 fully saturated rings. The van der Waals surface area contributed by atoms with Crippen molar-refractivity contribution in [3.63, 3.8) is 0 Å². The molecule has 1 aromatic carbocycles. The van der Waals surface area contributed by atoms with Crippen molar-refractivity contribution < 1.29 is 0 Å². The number of benzene rings is 1. The van der Waals surface area contributed by atoms with E-state index in [1.165, 1.54) is 5.69 Å². The van der Waals surface area contributed by atoms with Crippen LogP contribution in [0.15, 0.2) is 30.3 Å². The molecule has 2 aromatic rings. The number of halogens is 1. The van der Waals surface area contributed by atoms with Crippen LogP contribution in [0.5, 0.6) is 0 Å². The molecular weight excluding hydrogens is 258 g/mol. The lowest BCUT2D eigenvalue weighted by Gasteiger charge is -2.17. The van der Waals surface area contributed by atoms with Crippen LogP contribution in [0.3, 0.4) is 0 Å². The Hall–Kier alpha value is -1.32. The maximum Gasteiger partial charge on any atom is 0.0596 e. The van der Waals surface area contributed by atoms with E-state index in [0.717, 1.165) is 29.2 Å². The Morgan fingerprint density at radius 1 is 1.37 bits per heavy atom. The number of hydrogen-bond acceptors (Lipinski definition) is 2. The average Bonchev–Trinajstić information content (AvgIpc) is 2.77. The third-order valence-electron chi connectivity index (χ3n) is 3.37. The minimum Gasteiger partial charge on any atom is -0.330 e. The van der Waals surface area contributed by atoms with Gasteiger partial charge in [0.25, 0.3) is 0 Å². The summed E-state index contributed by atoms with van der Waals surface area (Å²) in [4.78, 5) is 0. The molecule has 0 aliphatic rings. The van der Waals surface area contributed by atoms with E-state index < -0.39 is 0 Å². The third-order valence-corrected chi connectivity index (χ3v) is 3.71. The monoisotopic (exact) mass is 277 g/mol. The van der Waals surface area contributed by atoms with Gasteiger partial charge >= 0.3 is 0 Å². The topological polar surface area (TPSA) is 43.8 Å². The van der Waals surface area contributed by atoms with Gasteiger partial charge in [0.05, 0.1) is 5.69 Å². The molecule has 0 saturated carbocycles. The fourth-order valence-electron chi connectivity index (χ4n) is 2.42. The largest absolute Gasteiger partial charge is 0.330 e. The SMILES string of the molecule is CCn1nc(C)cc1CC(CN)c1ccccc1Cl. The summed E-state index contributed by atoms with van der Waals surface area (Å²) in [6, 6.07) is 10.1. The number of aromatic nitrogens is 2. The van der Waals surface area contributed by atoms with Crippen molar-refractivity contribution in [2.24, 2.45) is 5.73 Å². The second-order valence-electron chi connectivity index (χ2n) is 4.75. The maximum absolute atomic E-state index is 6.26. The summed E-state index contributed by atoms with van der Waals surface area (Å²) in [6.45, 7) is 5.58. The molecule has 102 valence electrons. The van der Waals surface area contributed by atoms with Gasteiger partial charge in [0.15, 0.2) is 0 Å². The highest BCUT2D eigenvalue weighted by Gasteiger charge is 2.16. The van der Waals surface area contributed by atoms with Gasteiger partial charge in [-0.1, -0.05) is 29.8 Å². The average molecular weight is 278 g/mol. The van der Waals surface area contributed by atoms with Crippen molar-refractivity contribution in [1.82, 2.24) is 9.78 Å². The highest BCUT2D eigenvalue weighted by atomic mass is 35.5. The van der Waals surface area contributed by atoms with E-state index in [9.17, 15) is 0 Å². The van der Waals surface area contributed by atoms with Crippen LogP contribution in [0, 0.1) is 6.92 Å². The number of hydrogen-bond donors (Lipinski definition) is 1. The molecule has 1 atom stereocenters. The van der Waals surface area contributed by atoms with Crippen molar-refractivity contribution >= 4 is 11.6 Å². The van der Waals surface area contributed by atoms with Crippen molar-refractivity contribution in [3.05, 3.63) is 52.3 Å². The zero-order valence-corrected chi connectivity index (χ0v) is 12.2. The van der Waals surface area contributed by atoms with Crippen molar-refractivity contribution in [2.45, 2.75) is 32.7 Å². The number of rotatable bonds is 5. The van der Waals surface area contributed by atoms with Gasteiger partial charge in [-0.05, 0) is 44.5 Å². The van der Waals surface area contributed by atoms with Gasteiger partial charge in [0.1, 0.15) is 0 Å². The predicted octanol–water partition coefficient (Wildman–Crippen LogP) is 3.15. The van der Waals surface area contributed by atoms with E-state index in [2.05, 4.69) is 24.2 Å². The molecule has 1 heterocycles. The molecule has 0 bridgehead atoms. The molecule has 0 amide bonds. The van der Waals surface area contributed by atoms with Gasteiger partial charge in [0, 0.05) is 23.2 Å². The Morgan fingerprint density at radius 2 is 2.11 bits per heavy atom. The van der Waals surface area contributed by atoms with E-state index in [-0.39, 0.29) is 5.92 Å². The molecule has 0 aliphatic carbocycles. The van der Waals surface area contributed by atoms with E-state index in [0.29, 0.717) is 6.54 Å². The first kappa shape index (κ1) is 14.1. The zero-order chi connectivity index (χ0) is 13.8. The van der Waals surface area contributed by atoms with Crippen LogP contribution in [-0.4, -0.2) is 16.3 Å².